The van der Waals surface area contributed by atoms with Gasteiger partial charge in [-0.1, -0.05) is 35.5 Å². The van der Waals surface area contributed by atoms with Crippen LogP contribution in [0.15, 0.2) is 36.5 Å². The Balaban J connectivity index is 1.67. The van der Waals surface area contributed by atoms with Gasteiger partial charge in [-0.05, 0) is 25.3 Å². The fourth-order valence-corrected chi connectivity index (χ4v) is 1.97. The highest BCUT2D eigenvalue weighted by atomic mass is 16.2. The molecule has 2 rings (SSSR count). The van der Waals surface area contributed by atoms with E-state index in [2.05, 4.69) is 27.8 Å². The van der Waals surface area contributed by atoms with Crippen LogP contribution in [0.1, 0.15) is 30.6 Å². The van der Waals surface area contributed by atoms with E-state index in [0.29, 0.717) is 12.2 Å². The molecule has 2 aromatic rings. The molecule has 6 heteroatoms. The van der Waals surface area contributed by atoms with E-state index in [0.717, 1.165) is 12.8 Å². The molecule has 112 valence electrons. The molecule has 3 N–H and O–H groups in total. The molecule has 1 heterocycles. The number of aromatic nitrogens is 3. The number of hydrogen-bond acceptors (Lipinski definition) is 4. The molecule has 1 aromatic heterocycles. The number of hydrogen-bond donors (Lipinski definition) is 2. The zero-order valence-corrected chi connectivity index (χ0v) is 12.2. The normalized spacial score (nSPS) is 12.1. The maximum Gasteiger partial charge on any atom is 0.241 e. The van der Waals surface area contributed by atoms with Gasteiger partial charge in [0.05, 0.1) is 11.9 Å². The molecule has 1 atom stereocenters. The molecule has 0 fully saturated rings. The van der Waals surface area contributed by atoms with E-state index in [9.17, 15) is 4.79 Å². The first-order valence-corrected chi connectivity index (χ1v) is 7.11. The second-order valence-electron chi connectivity index (χ2n) is 5.07. The van der Waals surface area contributed by atoms with Gasteiger partial charge in [0.1, 0.15) is 6.54 Å². The average Bonchev–Trinajstić information content (AvgIpc) is 2.93. The predicted octanol–water partition coefficient (Wildman–Crippen LogP) is 1.05. The summed E-state index contributed by atoms with van der Waals surface area (Å²) in [6.07, 6.45) is 3.58. The maximum absolute atomic E-state index is 11.8. The van der Waals surface area contributed by atoms with Crippen LogP contribution >= 0.6 is 0 Å². The van der Waals surface area contributed by atoms with Crippen LogP contribution in [-0.4, -0.2) is 27.4 Å². The van der Waals surface area contributed by atoms with Crippen LogP contribution in [0.3, 0.4) is 0 Å². The van der Waals surface area contributed by atoms with Crippen molar-refractivity contribution in [3.05, 3.63) is 47.8 Å². The SMILES string of the molecule is CC(N)c1cn(CC(=O)NCCCc2ccccc2)nn1. The fraction of sp³-hybridized carbons (Fsp3) is 0.400. The van der Waals surface area contributed by atoms with E-state index < -0.39 is 0 Å². The van der Waals surface area contributed by atoms with Gasteiger partial charge in [-0.15, -0.1) is 5.10 Å². The zero-order valence-electron chi connectivity index (χ0n) is 12.2. The van der Waals surface area contributed by atoms with Crippen molar-refractivity contribution in [2.24, 2.45) is 5.73 Å². The van der Waals surface area contributed by atoms with Gasteiger partial charge in [-0.3, -0.25) is 4.79 Å². The monoisotopic (exact) mass is 287 g/mol. The molecule has 0 saturated heterocycles. The number of benzene rings is 1. The summed E-state index contributed by atoms with van der Waals surface area (Å²) in [5.74, 6) is -0.0656. The Kier molecular flexibility index (Phi) is 5.45. The van der Waals surface area contributed by atoms with Gasteiger partial charge in [0, 0.05) is 12.6 Å². The number of carbonyl (C=O) groups excluding carboxylic acids is 1. The first-order chi connectivity index (χ1) is 10.1. The summed E-state index contributed by atoms with van der Waals surface area (Å²) in [4.78, 5) is 11.8. The lowest BCUT2D eigenvalue weighted by Crippen LogP contribution is -2.28. The topological polar surface area (TPSA) is 85.8 Å². The van der Waals surface area contributed by atoms with Crippen molar-refractivity contribution in [2.45, 2.75) is 32.4 Å². The first kappa shape index (κ1) is 15.2. The molecule has 1 aromatic carbocycles. The highest BCUT2D eigenvalue weighted by Gasteiger charge is 2.08. The Morgan fingerprint density at radius 2 is 2.14 bits per heavy atom. The molecule has 0 spiro atoms. The molecule has 0 bridgehead atoms. The molecule has 1 amide bonds. The number of rotatable bonds is 7. The second kappa shape index (κ2) is 7.54. The largest absolute Gasteiger partial charge is 0.354 e. The highest BCUT2D eigenvalue weighted by molar-refractivity contribution is 5.75. The molecule has 0 aliphatic heterocycles. The lowest BCUT2D eigenvalue weighted by molar-refractivity contribution is -0.121. The Hall–Kier alpha value is -2.21. The van der Waals surface area contributed by atoms with Crippen LogP contribution in [0, 0.1) is 0 Å². The summed E-state index contributed by atoms with van der Waals surface area (Å²) in [5, 5.41) is 10.7. The van der Waals surface area contributed by atoms with Crippen molar-refractivity contribution in [1.82, 2.24) is 20.3 Å². The number of nitrogens with zero attached hydrogens (tertiary/aromatic N) is 3. The number of aryl methyl sites for hydroxylation is 1. The van der Waals surface area contributed by atoms with Crippen LogP contribution in [0.2, 0.25) is 0 Å². The van der Waals surface area contributed by atoms with Crippen molar-refractivity contribution in [3.63, 3.8) is 0 Å². The number of carbonyl (C=O) groups is 1. The Morgan fingerprint density at radius 3 is 2.81 bits per heavy atom. The second-order valence-corrected chi connectivity index (χ2v) is 5.07. The summed E-state index contributed by atoms with van der Waals surface area (Å²) in [7, 11) is 0. The number of nitrogens with two attached hydrogens (primary N) is 1. The molecule has 0 saturated carbocycles. The van der Waals surface area contributed by atoms with Crippen molar-refractivity contribution < 1.29 is 4.79 Å². The molecule has 1 unspecified atom stereocenters. The summed E-state index contributed by atoms with van der Waals surface area (Å²) in [6.45, 7) is 2.66. The molecule has 0 aliphatic rings. The molecule has 6 nitrogen and oxygen atoms in total. The van der Waals surface area contributed by atoms with Crippen LogP contribution < -0.4 is 11.1 Å². The minimum atomic E-state index is -0.173. The van der Waals surface area contributed by atoms with E-state index >= 15 is 0 Å². The maximum atomic E-state index is 11.8. The zero-order chi connectivity index (χ0) is 15.1. The lowest BCUT2D eigenvalue weighted by Gasteiger charge is -2.05. The van der Waals surface area contributed by atoms with Crippen LogP contribution in [0.25, 0.3) is 0 Å². The first-order valence-electron chi connectivity index (χ1n) is 7.11. The van der Waals surface area contributed by atoms with E-state index in [1.165, 1.54) is 10.2 Å². The predicted molar refractivity (Wildman–Crippen MR) is 80.4 cm³/mol. The molecular formula is C15H21N5O. The van der Waals surface area contributed by atoms with Crippen LogP contribution in [-0.2, 0) is 17.8 Å². The molecule has 0 radical (unpaired) electrons. The third-order valence-electron chi connectivity index (χ3n) is 3.14. The standard InChI is InChI=1S/C15H21N5O/c1-12(16)14-10-20(19-18-14)11-15(21)17-9-5-8-13-6-3-2-4-7-13/h2-4,6-7,10,12H,5,8-9,11,16H2,1H3,(H,17,21). The molecule has 0 aliphatic carbocycles. The van der Waals surface area contributed by atoms with E-state index in [-0.39, 0.29) is 18.5 Å². The van der Waals surface area contributed by atoms with Crippen LogP contribution in [0.5, 0.6) is 0 Å². The Bertz CT molecular complexity index is 564. The van der Waals surface area contributed by atoms with Crippen molar-refractivity contribution in [3.8, 4) is 0 Å². The number of amides is 1. The minimum absolute atomic E-state index is 0.0656. The Labute approximate surface area is 124 Å². The minimum Gasteiger partial charge on any atom is -0.354 e. The summed E-state index contributed by atoms with van der Waals surface area (Å²) < 4.78 is 1.51. The van der Waals surface area contributed by atoms with Gasteiger partial charge in [-0.2, -0.15) is 0 Å². The summed E-state index contributed by atoms with van der Waals surface area (Å²) in [6, 6.07) is 10.1. The van der Waals surface area contributed by atoms with Gasteiger partial charge >= 0.3 is 0 Å². The van der Waals surface area contributed by atoms with E-state index in [4.69, 9.17) is 5.73 Å². The van der Waals surface area contributed by atoms with Crippen molar-refractivity contribution in [2.75, 3.05) is 6.54 Å². The van der Waals surface area contributed by atoms with E-state index in [1.807, 2.05) is 25.1 Å². The molecular weight excluding hydrogens is 266 g/mol. The van der Waals surface area contributed by atoms with E-state index in [1.54, 1.807) is 6.20 Å². The lowest BCUT2D eigenvalue weighted by atomic mass is 10.1. The smallest absolute Gasteiger partial charge is 0.241 e. The summed E-state index contributed by atoms with van der Waals surface area (Å²) >= 11 is 0. The van der Waals surface area contributed by atoms with Crippen LogP contribution in [0.4, 0.5) is 0 Å². The highest BCUT2D eigenvalue weighted by Crippen LogP contribution is 2.03. The average molecular weight is 287 g/mol. The third-order valence-corrected chi connectivity index (χ3v) is 3.14. The molecule has 21 heavy (non-hydrogen) atoms. The quantitative estimate of drug-likeness (QED) is 0.745. The van der Waals surface area contributed by atoms with Gasteiger partial charge in [0.2, 0.25) is 5.91 Å². The van der Waals surface area contributed by atoms with Gasteiger partial charge in [0.25, 0.3) is 0 Å². The fourth-order valence-electron chi connectivity index (χ4n) is 1.97. The number of nitrogens with one attached hydrogen (secondary N) is 1. The Morgan fingerprint density at radius 1 is 1.38 bits per heavy atom. The van der Waals surface area contributed by atoms with Crippen molar-refractivity contribution >= 4 is 5.91 Å². The van der Waals surface area contributed by atoms with Gasteiger partial charge in [0.15, 0.2) is 0 Å². The van der Waals surface area contributed by atoms with Crippen molar-refractivity contribution in [1.29, 1.82) is 0 Å². The third kappa shape index (κ3) is 5.00. The van der Waals surface area contributed by atoms with Gasteiger partial charge in [-0.25, -0.2) is 4.68 Å². The van der Waals surface area contributed by atoms with Gasteiger partial charge < -0.3 is 11.1 Å². The summed E-state index contributed by atoms with van der Waals surface area (Å²) in [5.41, 5.74) is 7.66.